The molecule has 0 spiro atoms. The smallest absolute Gasteiger partial charge is 0.128 e. The molecule has 0 bridgehead atoms. The average molecular weight is 137 g/mol. The summed E-state index contributed by atoms with van der Waals surface area (Å²) in [6.07, 6.45) is 2.45. The number of rotatable bonds is 1. The number of hydrogen-bond acceptors (Lipinski definition) is 3. The first-order valence-corrected chi connectivity index (χ1v) is 3.24. The van der Waals surface area contributed by atoms with E-state index in [1.54, 1.807) is 12.3 Å². The van der Waals surface area contributed by atoms with E-state index in [1.807, 2.05) is 6.92 Å². The molecular weight excluding hydrogens is 126 g/mol. The monoisotopic (exact) mass is 137 g/mol. The van der Waals surface area contributed by atoms with Crippen molar-refractivity contribution in [2.45, 2.75) is 13.3 Å². The summed E-state index contributed by atoms with van der Waals surface area (Å²) < 4.78 is 0. The van der Waals surface area contributed by atoms with E-state index in [9.17, 15) is 0 Å². The van der Waals surface area contributed by atoms with Crippen LogP contribution in [0.5, 0.6) is 0 Å². The second-order valence-corrected chi connectivity index (χ2v) is 2.12. The standard InChI is InChI=1S/C7H11N3/c1-2-5-6(8)3-4-10-7(5)9/h3-4H,2H2,1H3,(H4,8,9,10). The fraction of sp³-hybridized carbons (Fsp3) is 0.286. The van der Waals surface area contributed by atoms with Gasteiger partial charge in [-0.3, -0.25) is 0 Å². The molecule has 3 nitrogen and oxygen atoms in total. The zero-order valence-corrected chi connectivity index (χ0v) is 5.96. The average Bonchev–Trinajstić information content (AvgIpc) is 1.88. The van der Waals surface area contributed by atoms with Gasteiger partial charge >= 0.3 is 0 Å². The van der Waals surface area contributed by atoms with E-state index in [4.69, 9.17) is 11.5 Å². The summed E-state index contributed by atoms with van der Waals surface area (Å²) in [7, 11) is 0. The number of aromatic nitrogens is 1. The number of nitrogen functional groups attached to an aromatic ring is 2. The first kappa shape index (κ1) is 6.86. The molecule has 3 heteroatoms. The third kappa shape index (κ3) is 1.03. The number of pyridine rings is 1. The van der Waals surface area contributed by atoms with Gasteiger partial charge in [0.25, 0.3) is 0 Å². The van der Waals surface area contributed by atoms with Gasteiger partial charge in [-0.05, 0) is 12.5 Å². The molecule has 1 aromatic rings. The molecule has 0 atom stereocenters. The third-order valence-corrected chi connectivity index (χ3v) is 1.48. The Morgan fingerprint density at radius 3 is 2.60 bits per heavy atom. The predicted molar refractivity (Wildman–Crippen MR) is 42.4 cm³/mol. The Labute approximate surface area is 60.1 Å². The van der Waals surface area contributed by atoms with Gasteiger partial charge in [0, 0.05) is 17.4 Å². The van der Waals surface area contributed by atoms with Crippen molar-refractivity contribution in [1.29, 1.82) is 0 Å². The molecule has 1 heterocycles. The van der Waals surface area contributed by atoms with E-state index in [2.05, 4.69) is 4.98 Å². The van der Waals surface area contributed by atoms with Gasteiger partial charge in [0.05, 0.1) is 0 Å². The Kier molecular flexibility index (Phi) is 1.76. The van der Waals surface area contributed by atoms with E-state index in [0.717, 1.165) is 17.7 Å². The van der Waals surface area contributed by atoms with Crippen LogP contribution in [-0.4, -0.2) is 4.98 Å². The van der Waals surface area contributed by atoms with Gasteiger partial charge in [-0.15, -0.1) is 0 Å². The number of nitrogens with zero attached hydrogens (tertiary/aromatic N) is 1. The van der Waals surface area contributed by atoms with Crippen LogP contribution in [0.15, 0.2) is 12.3 Å². The minimum Gasteiger partial charge on any atom is -0.398 e. The highest BCUT2D eigenvalue weighted by molar-refractivity contribution is 5.56. The first-order valence-electron chi connectivity index (χ1n) is 3.24. The summed E-state index contributed by atoms with van der Waals surface area (Å²) in [5, 5.41) is 0. The number of anilines is 2. The molecule has 0 aromatic carbocycles. The molecule has 0 aliphatic rings. The van der Waals surface area contributed by atoms with Crippen LogP contribution in [-0.2, 0) is 6.42 Å². The van der Waals surface area contributed by atoms with Crippen LogP contribution in [0.2, 0.25) is 0 Å². The summed E-state index contributed by atoms with van der Waals surface area (Å²) in [6, 6.07) is 1.76. The fourth-order valence-corrected chi connectivity index (χ4v) is 0.910. The Bertz CT molecular complexity index is 212. The zero-order chi connectivity index (χ0) is 7.56. The molecule has 1 rings (SSSR count). The van der Waals surface area contributed by atoms with Crippen molar-refractivity contribution in [3.8, 4) is 0 Å². The van der Waals surface area contributed by atoms with Gasteiger partial charge in [0.1, 0.15) is 5.82 Å². The second-order valence-electron chi connectivity index (χ2n) is 2.12. The van der Waals surface area contributed by atoms with Crippen LogP contribution in [0.25, 0.3) is 0 Å². The molecule has 0 fully saturated rings. The Morgan fingerprint density at radius 1 is 1.50 bits per heavy atom. The summed E-state index contributed by atoms with van der Waals surface area (Å²) in [5.41, 5.74) is 12.8. The van der Waals surface area contributed by atoms with Crippen molar-refractivity contribution in [2.75, 3.05) is 11.5 Å². The molecule has 0 saturated carbocycles. The van der Waals surface area contributed by atoms with E-state index in [-0.39, 0.29) is 0 Å². The maximum Gasteiger partial charge on any atom is 0.128 e. The largest absolute Gasteiger partial charge is 0.398 e. The van der Waals surface area contributed by atoms with E-state index in [1.165, 1.54) is 0 Å². The minimum absolute atomic E-state index is 0.544. The molecule has 0 saturated heterocycles. The van der Waals surface area contributed by atoms with Crippen molar-refractivity contribution >= 4 is 11.5 Å². The van der Waals surface area contributed by atoms with Gasteiger partial charge in [-0.25, -0.2) is 4.98 Å². The predicted octanol–water partition coefficient (Wildman–Crippen LogP) is 0.808. The molecule has 0 unspecified atom stereocenters. The van der Waals surface area contributed by atoms with Crippen molar-refractivity contribution in [2.24, 2.45) is 0 Å². The van der Waals surface area contributed by atoms with Crippen LogP contribution in [0.4, 0.5) is 11.5 Å². The van der Waals surface area contributed by atoms with E-state index >= 15 is 0 Å². The number of nitrogens with two attached hydrogens (primary N) is 2. The lowest BCUT2D eigenvalue weighted by Crippen LogP contribution is -2.00. The van der Waals surface area contributed by atoms with Crippen molar-refractivity contribution in [1.82, 2.24) is 4.98 Å². The topological polar surface area (TPSA) is 64.9 Å². The highest BCUT2D eigenvalue weighted by Crippen LogP contribution is 2.15. The van der Waals surface area contributed by atoms with Crippen molar-refractivity contribution in [3.63, 3.8) is 0 Å². The van der Waals surface area contributed by atoms with E-state index in [0.29, 0.717) is 5.82 Å². The van der Waals surface area contributed by atoms with Gasteiger partial charge in [-0.1, -0.05) is 6.92 Å². The van der Waals surface area contributed by atoms with Gasteiger partial charge in [-0.2, -0.15) is 0 Å². The Morgan fingerprint density at radius 2 is 2.20 bits per heavy atom. The summed E-state index contributed by atoms with van der Waals surface area (Å²) in [5.74, 6) is 0.544. The lowest BCUT2D eigenvalue weighted by atomic mass is 10.2. The van der Waals surface area contributed by atoms with Gasteiger partial charge in [0.15, 0.2) is 0 Å². The zero-order valence-electron chi connectivity index (χ0n) is 5.96. The third-order valence-electron chi connectivity index (χ3n) is 1.48. The number of hydrogen-bond donors (Lipinski definition) is 2. The minimum atomic E-state index is 0.544. The lowest BCUT2D eigenvalue weighted by molar-refractivity contribution is 1.12. The maximum absolute atomic E-state index is 5.61. The van der Waals surface area contributed by atoms with Crippen LogP contribution < -0.4 is 11.5 Å². The van der Waals surface area contributed by atoms with Gasteiger partial charge in [0.2, 0.25) is 0 Å². The molecule has 0 radical (unpaired) electrons. The Balaban J connectivity index is 3.17. The van der Waals surface area contributed by atoms with Gasteiger partial charge < -0.3 is 11.5 Å². The molecule has 4 N–H and O–H groups in total. The SMILES string of the molecule is CCc1c(N)ccnc1N. The maximum atomic E-state index is 5.61. The summed E-state index contributed by atoms with van der Waals surface area (Å²) in [4.78, 5) is 3.91. The van der Waals surface area contributed by atoms with Crippen LogP contribution in [0.3, 0.4) is 0 Å². The van der Waals surface area contributed by atoms with Crippen molar-refractivity contribution in [3.05, 3.63) is 17.8 Å². The molecule has 10 heavy (non-hydrogen) atoms. The second kappa shape index (κ2) is 2.56. The highest BCUT2D eigenvalue weighted by Gasteiger charge is 1.99. The molecule has 0 aliphatic carbocycles. The first-order chi connectivity index (χ1) is 4.75. The van der Waals surface area contributed by atoms with Crippen LogP contribution in [0.1, 0.15) is 12.5 Å². The van der Waals surface area contributed by atoms with Crippen LogP contribution >= 0.6 is 0 Å². The normalized spacial score (nSPS) is 9.70. The lowest BCUT2D eigenvalue weighted by Gasteiger charge is -2.03. The fourth-order valence-electron chi connectivity index (χ4n) is 0.910. The highest BCUT2D eigenvalue weighted by atomic mass is 14.8. The van der Waals surface area contributed by atoms with Crippen LogP contribution in [0, 0.1) is 0 Å². The van der Waals surface area contributed by atoms with E-state index < -0.39 is 0 Å². The molecule has 0 amide bonds. The summed E-state index contributed by atoms with van der Waals surface area (Å²) in [6.45, 7) is 2.00. The van der Waals surface area contributed by atoms with Crippen molar-refractivity contribution < 1.29 is 0 Å². The molecule has 54 valence electrons. The molecule has 0 aliphatic heterocycles. The summed E-state index contributed by atoms with van der Waals surface area (Å²) >= 11 is 0. The molecular formula is C7H11N3. The molecule has 1 aromatic heterocycles. The quantitative estimate of drug-likeness (QED) is 0.602. The Hall–Kier alpha value is -1.25.